The molecule has 0 aromatic carbocycles. The molecule has 0 aliphatic carbocycles. The largest absolute Gasteiger partial charge is 0.338 e. The molecule has 2 saturated heterocycles. The van der Waals surface area contributed by atoms with Crippen molar-refractivity contribution in [2.45, 2.75) is 56.2 Å². The quantitative estimate of drug-likeness (QED) is 0.737. The second kappa shape index (κ2) is 5.83. The van der Waals surface area contributed by atoms with Crippen LogP contribution in [0.2, 0.25) is 0 Å². The molecule has 98 valence electrons. The van der Waals surface area contributed by atoms with Gasteiger partial charge in [0.1, 0.15) is 0 Å². The van der Waals surface area contributed by atoms with Crippen molar-refractivity contribution < 1.29 is 4.79 Å². The first kappa shape index (κ1) is 13.5. The van der Waals surface area contributed by atoms with Crippen LogP contribution in [-0.2, 0) is 4.79 Å². The van der Waals surface area contributed by atoms with Crippen molar-refractivity contribution >= 4 is 29.3 Å². The monoisotopic (exact) mass is 275 g/mol. The molecule has 17 heavy (non-hydrogen) atoms. The van der Waals surface area contributed by atoms with Crippen LogP contribution in [0.1, 0.15) is 45.4 Å². The summed E-state index contributed by atoms with van der Waals surface area (Å²) in [6.45, 7) is 3.07. The smallest absolute Gasteiger partial charge is 0.238 e. The van der Waals surface area contributed by atoms with Gasteiger partial charge in [0.2, 0.25) is 5.91 Å². The van der Waals surface area contributed by atoms with Gasteiger partial charge in [-0.15, -0.1) is 23.4 Å². The van der Waals surface area contributed by atoms with Crippen molar-refractivity contribution in [3.63, 3.8) is 0 Å². The number of likely N-dealkylation sites (tertiary alicyclic amines) is 1. The van der Waals surface area contributed by atoms with Crippen LogP contribution in [0.3, 0.4) is 0 Å². The Labute approximate surface area is 113 Å². The maximum atomic E-state index is 12.7. The summed E-state index contributed by atoms with van der Waals surface area (Å²) in [5, 5.41) is 0. The maximum absolute atomic E-state index is 12.7. The highest BCUT2D eigenvalue weighted by molar-refractivity contribution is 8.01. The molecule has 0 aromatic rings. The molecule has 2 aliphatic rings. The normalized spacial score (nSPS) is 34.0. The fraction of sp³-hybridized carbons (Fsp3) is 0.923. The van der Waals surface area contributed by atoms with Crippen LogP contribution in [0, 0.1) is 0 Å². The Hall–Kier alpha value is 0.110. The summed E-state index contributed by atoms with van der Waals surface area (Å²) in [6.07, 6.45) is 6.72. The van der Waals surface area contributed by atoms with Crippen molar-refractivity contribution in [1.82, 2.24) is 4.90 Å². The summed E-state index contributed by atoms with van der Waals surface area (Å²) in [4.78, 5) is 14.8. The third-order valence-electron chi connectivity index (χ3n) is 4.00. The summed E-state index contributed by atoms with van der Waals surface area (Å²) in [5.41, 5.74) is 0. The molecule has 0 N–H and O–H groups in total. The van der Waals surface area contributed by atoms with Gasteiger partial charge in [0, 0.05) is 18.5 Å². The van der Waals surface area contributed by atoms with E-state index in [2.05, 4.69) is 11.8 Å². The predicted octanol–water partition coefficient (Wildman–Crippen LogP) is 3.28. The van der Waals surface area contributed by atoms with Crippen molar-refractivity contribution in [3.8, 4) is 0 Å². The fourth-order valence-corrected chi connectivity index (χ4v) is 4.47. The maximum Gasteiger partial charge on any atom is 0.238 e. The van der Waals surface area contributed by atoms with Crippen molar-refractivity contribution in [1.29, 1.82) is 0 Å². The molecule has 2 rings (SSSR count). The molecule has 2 unspecified atom stereocenters. The van der Waals surface area contributed by atoms with Gasteiger partial charge in [0.25, 0.3) is 0 Å². The number of nitrogens with zero attached hydrogens (tertiary/aromatic N) is 1. The van der Waals surface area contributed by atoms with E-state index >= 15 is 0 Å². The lowest BCUT2D eigenvalue weighted by atomic mass is 9.96. The minimum absolute atomic E-state index is 0.151. The van der Waals surface area contributed by atoms with Crippen LogP contribution in [0.25, 0.3) is 0 Å². The summed E-state index contributed by atoms with van der Waals surface area (Å²) in [5.74, 6) is 2.17. The number of hydrogen-bond donors (Lipinski definition) is 0. The molecule has 2 fully saturated rings. The number of piperidine rings is 1. The SMILES string of the molecule is CC1(C(=O)N2CCCCC2CCCl)CCCS1. The number of carbonyl (C=O) groups excluding carboxylic acids is 1. The van der Waals surface area contributed by atoms with Gasteiger partial charge >= 0.3 is 0 Å². The Balaban J connectivity index is 2.05. The standard InChI is InChI=1S/C13H22ClNOS/c1-13(7-4-10-17-13)12(16)15-9-3-2-5-11(15)6-8-14/h11H,2-10H2,1H3. The van der Waals surface area contributed by atoms with Gasteiger partial charge in [0.15, 0.2) is 0 Å². The molecule has 2 aliphatic heterocycles. The number of thioether (sulfide) groups is 1. The average molecular weight is 276 g/mol. The lowest BCUT2D eigenvalue weighted by molar-refractivity contribution is -0.137. The number of amides is 1. The number of hydrogen-bond acceptors (Lipinski definition) is 2. The van der Waals surface area contributed by atoms with Crippen LogP contribution in [0.5, 0.6) is 0 Å². The van der Waals surface area contributed by atoms with Gasteiger partial charge in [-0.1, -0.05) is 0 Å². The first-order valence-electron chi connectivity index (χ1n) is 6.68. The summed E-state index contributed by atoms with van der Waals surface area (Å²) < 4.78 is -0.151. The molecular formula is C13H22ClNOS. The Morgan fingerprint density at radius 1 is 1.47 bits per heavy atom. The predicted molar refractivity (Wildman–Crippen MR) is 74.8 cm³/mol. The number of carbonyl (C=O) groups is 1. The highest BCUT2D eigenvalue weighted by atomic mass is 35.5. The Morgan fingerprint density at radius 3 is 2.94 bits per heavy atom. The Morgan fingerprint density at radius 2 is 2.29 bits per heavy atom. The van der Waals surface area contributed by atoms with Gasteiger partial charge in [-0.25, -0.2) is 0 Å². The molecule has 4 heteroatoms. The van der Waals surface area contributed by atoms with E-state index in [1.165, 1.54) is 12.8 Å². The third-order valence-corrected chi connectivity index (χ3v) is 5.73. The van der Waals surface area contributed by atoms with E-state index in [4.69, 9.17) is 11.6 Å². The number of alkyl halides is 1. The minimum atomic E-state index is -0.151. The van der Waals surface area contributed by atoms with E-state index in [1.54, 1.807) is 0 Å². The van der Waals surface area contributed by atoms with Crippen LogP contribution < -0.4 is 0 Å². The first-order chi connectivity index (χ1) is 8.17. The number of rotatable bonds is 3. The molecule has 0 aromatic heterocycles. The van der Waals surface area contributed by atoms with Crippen LogP contribution >= 0.6 is 23.4 Å². The molecule has 2 heterocycles. The zero-order valence-electron chi connectivity index (χ0n) is 10.6. The molecule has 0 saturated carbocycles. The highest BCUT2D eigenvalue weighted by Gasteiger charge is 2.42. The van der Waals surface area contributed by atoms with Gasteiger partial charge in [0.05, 0.1) is 4.75 Å². The van der Waals surface area contributed by atoms with E-state index in [9.17, 15) is 4.79 Å². The Kier molecular flexibility index (Phi) is 4.65. The highest BCUT2D eigenvalue weighted by Crippen LogP contribution is 2.40. The molecule has 2 nitrogen and oxygen atoms in total. The average Bonchev–Trinajstić information content (AvgIpc) is 2.78. The second-order valence-electron chi connectivity index (χ2n) is 5.31. The van der Waals surface area contributed by atoms with Gasteiger partial charge in [-0.2, -0.15) is 0 Å². The van der Waals surface area contributed by atoms with E-state index in [1.807, 2.05) is 11.8 Å². The van der Waals surface area contributed by atoms with Gasteiger partial charge < -0.3 is 4.90 Å². The van der Waals surface area contributed by atoms with Crippen molar-refractivity contribution in [2.24, 2.45) is 0 Å². The molecular weight excluding hydrogens is 254 g/mol. The minimum Gasteiger partial charge on any atom is -0.338 e. The fourth-order valence-electron chi connectivity index (χ4n) is 2.95. The lowest BCUT2D eigenvalue weighted by Crippen LogP contribution is -2.51. The first-order valence-corrected chi connectivity index (χ1v) is 8.20. The lowest BCUT2D eigenvalue weighted by Gasteiger charge is -2.40. The van der Waals surface area contributed by atoms with Crippen molar-refractivity contribution in [3.05, 3.63) is 0 Å². The molecule has 0 bridgehead atoms. The number of halogens is 1. The molecule has 2 atom stereocenters. The zero-order chi connectivity index (χ0) is 12.3. The molecule has 0 radical (unpaired) electrons. The van der Waals surface area contributed by atoms with Crippen LogP contribution in [-0.4, -0.2) is 39.8 Å². The molecule has 1 amide bonds. The zero-order valence-corrected chi connectivity index (χ0v) is 12.2. The van der Waals surface area contributed by atoms with Crippen LogP contribution in [0.4, 0.5) is 0 Å². The summed E-state index contributed by atoms with van der Waals surface area (Å²) in [6, 6.07) is 0.395. The van der Waals surface area contributed by atoms with Gasteiger partial charge in [-0.05, 0) is 51.2 Å². The third kappa shape index (κ3) is 2.93. The summed E-state index contributed by atoms with van der Waals surface area (Å²) in [7, 11) is 0. The summed E-state index contributed by atoms with van der Waals surface area (Å²) >= 11 is 7.70. The second-order valence-corrected chi connectivity index (χ2v) is 7.28. The van der Waals surface area contributed by atoms with Crippen molar-refractivity contribution in [2.75, 3.05) is 18.2 Å². The van der Waals surface area contributed by atoms with E-state index in [0.29, 0.717) is 17.8 Å². The topological polar surface area (TPSA) is 20.3 Å². The van der Waals surface area contributed by atoms with E-state index in [-0.39, 0.29) is 4.75 Å². The molecule has 0 spiro atoms. The van der Waals surface area contributed by atoms with Gasteiger partial charge in [-0.3, -0.25) is 4.79 Å². The Bertz CT molecular complexity index is 277. The van der Waals surface area contributed by atoms with E-state index in [0.717, 1.165) is 38.0 Å². The van der Waals surface area contributed by atoms with Crippen LogP contribution in [0.15, 0.2) is 0 Å². The van der Waals surface area contributed by atoms with E-state index < -0.39 is 0 Å².